The number of allylic oxidation sites excluding steroid dienone is 2. The highest BCUT2D eigenvalue weighted by atomic mass is 35.5. The van der Waals surface area contributed by atoms with Crippen LogP contribution in [-0.4, -0.2) is 43.7 Å². The minimum atomic E-state index is -1.17. The molecule has 33 heavy (non-hydrogen) atoms. The van der Waals surface area contributed by atoms with Gasteiger partial charge in [-0.2, -0.15) is 0 Å². The summed E-state index contributed by atoms with van der Waals surface area (Å²) in [6, 6.07) is 10.3. The average molecular weight is 470 g/mol. The number of aliphatic carboxylic acids is 1. The van der Waals surface area contributed by atoms with Gasteiger partial charge in [-0.05, 0) is 24.6 Å². The molecule has 1 aliphatic heterocycles. The monoisotopic (exact) mass is 469 g/mol. The Hall–Kier alpha value is -3.78. The summed E-state index contributed by atoms with van der Waals surface area (Å²) < 4.78 is 15.7. The smallest absolute Gasteiger partial charge is 0.341 e. The summed E-state index contributed by atoms with van der Waals surface area (Å²) in [5, 5.41) is 12.2. The molecule has 2 N–H and O–H groups in total. The molecule has 0 saturated carbocycles. The zero-order valence-corrected chi connectivity index (χ0v) is 18.8. The Kier molecular flexibility index (Phi) is 5.86. The lowest BCUT2D eigenvalue weighted by Crippen LogP contribution is -2.29. The molecular formula is C24H20ClNO7. The second-order valence-corrected chi connectivity index (χ2v) is 7.88. The lowest BCUT2D eigenvalue weighted by molar-refractivity contribution is -0.139. The standard InChI is InChI=1S/C24H20ClNO7/c1-11-18(24(30)32-3)19(20-21(26-11)13-6-4-5-7-14(13)22(20)29)12-8-15(25)23(16(9-12)31-2)33-10-17(27)28/h4-9,19,26H,10H2,1-3H3,(H,27,28)/t19-/m1/s1. The van der Waals surface area contributed by atoms with E-state index in [0.717, 1.165) is 5.56 Å². The maximum absolute atomic E-state index is 13.4. The topological polar surface area (TPSA) is 111 Å². The van der Waals surface area contributed by atoms with E-state index in [9.17, 15) is 14.4 Å². The van der Waals surface area contributed by atoms with E-state index in [4.69, 9.17) is 30.9 Å². The van der Waals surface area contributed by atoms with E-state index in [1.165, 1.54) is 20.3 Å². The van der Waals surface area contributed by atoms with Gasteiger partial charge in [0.2, 0.25) is 0 Å². The number of carboxylic acid groups (broad SMARTS) is 1. The number of hydrogen-bond acceptors (Lipinski definition) is 7. The van der Waals surface area contributed by atoms with Crippen molar-refractivity contribution in [2.24, 2.45) is 0 Å². The third-order valence-electron chi connectivity index (χ3n) is 5.58. The van der Waals surface area contributed by atoms with Gasteiger partial charge in [-0.25, -0.2) is 9.59 Å². The Morgan fingerprint density at radius 1 is 1.15 bits per heavy atom. The molecule has 0 radical (unpaired) electrons. The van der Waals surface area contributed by atoms with Gasteiger partial charge in [-0.3, -0.25) is 4.79 Å². The van der Waals surface area contributed by atoms with Gasteiger partial charge in [0.05, 0.1) is 30.5 Å². The highest BCUT2D eigenvalue weighted by Crippen LogP contribution is 2.49. The minimum Gasteiger partial charge on any atom is -0.493 e. The number of carbonyl (C=O) groups excluding carboxylic acids is 2. The van der Waals surface area contributed by atoms with Crippen molar-refractivity contribution in [2.45, 2.75) is 12.8 Å². The van der Waals surface area contributed by atoms with Crippen LogP contribution in [-0.2, 0) is 14.3 Å². The van der Waals surface area contributed by atoms with Crippen LogP contribution in [0.2, 0.25) is 5.02 Å². The number of carboxylic acids is 1. The number of ketones is 1. The molecule has 1 aliphatic carbocycles. The molecule has 170 valence electrons. The lowest BCUT2D eigenvalue weighted by atomic mass is 9.79. The van der Waals surface area contributed by atoms with Crippen LogP contribution < -0.4 is 14.8 Å². The van der Waals surface area contributed by atoms with Crippen LogP contribution in [0, 0.1) is 0 Å². The Morgan fingerprint density at radius 3 is 2.48 bits per heavy atom. The fourth-order valence-electron chi connectivity index (χ4n) is 4.22. The van der Waals surface area contributed by atoms with Crippen molar-refractivity contribution in [3.63, 3.8) is 0 Å². The van der Waals surface area contributed by atoms with Gasteiger partial charge >= 0.3 is 11.9 Å². The molecule has 2 aliphatic rings. The van der Waals surface area contributed by atoms with Gasteiger partial charge in [0.15, 0.2) is 23.9 Å². The number of nitrogens with one attached hydrogen (secondary N) is 1. The van der Waals surface area contributed by atoms with Crippen molar-refractivity contribution in [3.8, 4) is 11.5 Å². The van der Waals surface area contributed by atoms with Gasteiger partial charge in [0.25, 0.3) is 0 Å². The number of esters is 1. The van der Waals surface area contributed by atoms with Gasteiger partial charge in [-0.1, -0.05) is 35.9 Å². The summed E-state index contributed by atoms with van der Waals surface area (Å²) in [6.45, 7) is 1.12. The zero-order chi connectivity index (χ0) is 23.9. The number of ether oxygens (including phenoxy) is 3. The van der Waals surface area contributed by atoms with E-state index in [2.05, 4.69) is 5.32 Å². The molecule has 1 heterocycles. The first-order valence-electron chi connectivity index (χ1n) is 9.94. The molecule has 0 amide bonds. The number of methoxy groups -OCH3 is 2. The maximum atomic E-state index is 13.4. The molecule has 0 fully saturated rings. The number of dihydropyridines is 1. The molecule has 0 spiro atoms. The molecule has 8 nitrogen and oxygen atoms in total. The van der Waals surface area contributed by atoms with E-state index < -0.39 is 24.5 Å². The van der Waals surface area contributed by atoms with Crippen molar-refractivity contribution < 1.29 is 33.7 Å². The van der Waals surface area contributed by atoms with E-state index in [1.807, 2.05) is 12.1 Å². The average Bonchev–Trinajstić information content (AvgIpc) is 3.08. The number of hydrogen-bond donors (Lipinski definition) is 2. The predicted molar refractivity (Wildman–Crippen MR) is 119 cm³/mol. The van der Waals surface area contributed by atoms with Crippen LogP contribution in [0.3, 0.4) is 0 Å². The van der Waals surface area contributed by atoms with Crippen LogP contribution in [0.5, 0.6) is 11.5 Å². The first-order chi connectivity index (χ1) is 15.8. The summed E-state index contributed by atoms with van der Waals surface area (Å²) >= 11 is 6.44. The van der Waals surface area contributed by atoms with Crippen LogP contribution >= 0.6 is 11.6 Å². The molecule has 0 bridgehead atoms. The van der Waals surface area contributed by atoms with Crippen molar-refractivity contribution in [2.75, 3.05) is 20.8 Å². The molecule has 0 unspecified atom stereocenters. The molecule has 9 heteroatoms. The molecule has 2 aromatic carbocycles. The van der Waals surface area contributed by atoms with E-state index in [-0.39, 0.29) is 27.9 Å². The van der Waals surface area contributed by atoms with E-state index in [1.54, 1.807) is 25.1 Å². The Labute approximate surface area is 194 Å². The summed E-state index contributed by atoms with van der Waals surface area (Å²) in [7, 11) is 2.65. The molecule has 0 aromatic heterocycles. The van der Waals surface area contributed by atoms with E-state index >= 15 is 0 Å². The Morgan fingerprint density at radius 2 is 1.85 bits per heavy atom. The fourth-order valence-corrected chi connectivity index (χ4v) is 4.50. The Balaban J connectivity index is 1.92. The van der Waals surface area contributed by atoms with Crippen LogP contribution in [0.1, 0.15) is 34.3 Å². The van der Waals surface area contributed by atoms with Crippen molar-refractivity contribution in [3.05, 3.63) is 75.0 Å². The van der Waals surface area contributed by atoms with Crippen LogP contribution in [0.25, 0.3) is 5.70 Å². The largest absolute Gasteiger partial charge is 0.493 e. The minimum absolute atomic E-state index is 0.0507. The normalized spacial score (nSPS) is 16.7. The number of rotatable bonds is 6. The van der Waals surface area contributed by atoms with Gasteiger partial charge in [0, 0.05) is 28.3 Å². The second-order valence-electron chi connectivity index (χ2n) is 7.47. The number of fused-ring (bicyclic) bond motifs is 2. The Bertz CT molecular complexity index is 1260. The highest BCUT2D eigenvalue weighted by molar-refractivity contribution is 6.32. The number of halogens is 1. The van der Waals surface area contributed by atoms with Gasteiger partial charge in [-0.15, -0.1) is 0 Å². The maximum Gasteiger partial charge on any atom is 0.341 e. The van der Waals surface area contributed by atoms with Crippen LogP contribution in [0.15, 0.2) is 53.2 Å². The highest BCUT2D eigenvalue weighted by Gasteiger charge is 2.43. The first kappa shape index (κ1) is 22.4. The quantitative estimate of drug-likeness (QED) is 0.618. The van der Waals surface area contributed by atoms with Crippen molar-refractivity contribution >= 4 is 35.0 Å². The molecular weight excluding hydrogens is 450 g/mol. The summed E-state index contributed by atoms with van der Waals surface area (Å²) in [5.41, 5.74) is 3.57. The fraction of sp³-hybridized carbons (Fsp3) is 0.208. The molecule has 0 saturated heterocycles. The van der Waals surface area contributed by atoms with Crippen molar-refractivity contribution in [1.29, 1.82) is 0 Å². The number of carbonyl (C=O) groups is 3. The van der Waals surface area contributed by atoms with E-state index in [0.29, 0.717) is 28.1 Å². The summed E-state index contributed by atoms with van der Waals surface area (Å²) in [4.78, 5) is 37.2. The number of Topliss-reactive ketones (excluding diaryl/α,β-unsaturated/α-hetero) is 1. The van der Waals surface area contributed by atoms with Gasteiger partial charge < -0.3 is 24.6 Å². The SMILES string of the molecule is COC(=O)C1=C(C)NC2=C(C(=O)c3ccccc32)[C@@H]1c1cc(Cl)c(OCC(=O)O)c(OC)c1. The zero-order valence-electron chi connectivity index (χ0n) is 18.0. The summed E-state index contributed by atoms with van der Waals surface area (Å²) in [6.07, 6.45) is 0. The summed E-state index contributed by atoms with van der Waals surface area (Å²) in [5.74, 6) is -2.56. The second kappa shape index (κ2) is 8.63. The lowest BCUT2D eigenvalue weighted by Gasteiger charge is -2.29. The molecule has 2 aromatic rings. The van der Waals surface area contributed by atoms with Crippen LogP contribution in [0.4, 0.5) is 0 Å². The predicted octanol–water partition coefficient (Wildman–Crippen LogP) is 3.55. The third-order valence-corrected chi connectivity index (χ3v) is 5.86. The van der Waals surface area contributed by atoms with Gasteiger partial charge in [0.1, 0.15) is 0 Å². The number of benzene rings is 2. The molecule has 4 rings (SSSR count). The molecule has 1 atom stereocenters. The van der Waals surface area contributed by atoms with Crippen molar-refractivity contribution in [1.82, 2.24) is 5.32 Å². The third kappa shape index (κ3) is 3.72. The first-order valence-corrected chi connectivity index (χ1v) is 10.3.